The fourth-order valence-electron chi connectivity index (χ4n) is 4.36. The van der Waals surface area contributed by atoms with E-state index in [1.807, 2.05) is 0 Å². The van der Waals surface area contributed by atoms with Gasteiger partial charge in [0.1, 0.15) is 35.5 Å². The lowest BCUT2D eigenvalue weighted by Gasteiger charge is -2.32. The lowest BCUT2D eigenvalue weighted by atomic mass is 9.71. The summed E-state index contributed by atoms with van der Waals surface area (Å²) in [4.78, 5) is 24.1. The van der Waals surface area contributed by atoms with Gasteiger partial charge in [-0.3, -0.25) is 4.79 Å². The summed E-state index contributed by atoms with van der Waals surface area (Å²) < 4.78 is 16.0. The van der Waals surface area contributed by atoms with Gasteiger partial charge in [0.15, 0.2) is 12.4 Å². The highest BCUT2D eigenvalue weighted by molar-refractivity contribution is 6.44. The molecule has 2 aromatic rings. The molecule has 8 heteroatoms. The van der Waals surface area contributed by atoms with E-state index in [4.69, 9.17) is 42.2 Å². The van der Waals surface area contributed by atoms with E-state index < -0.39 is 5.97 Å². The lowest BCUT2D eigenvalue weighted by molar-refractivity contribution is -0.147. The van der Waals surface area contributed by atoms with Gasteiger partial charge in [-0.05, 0) is 54.7 Å². The number of fused-ring (bicyclic) bond motifs is 3. The summed E-state index contributed by atoms with van der Waals surface area (Å²) in [6.07, 6.45) is 4.66. The number of furan rings is 1. The van der Waals surface area contributed by atoms with Gasteiger partial charge in [-0.25, -0.2) is 4.79 Å². The van der Waals surface area contributed by atoms with Crippen molar-refractivity contribution >= 4 is 40.5 Å². The highest BCUT2D eigenvalue weighted by Crippen LogP contribution is 2.57. The van der Waals surface area contributed by atoms with Crippen molar-refractivity contribution < 1.29 is 28.6 Å². The molecule has 1 heterocycles. The first-order valence-corrected chi connectivity index (χ1v) is 10.9. The number of esters is 1. The van der Waals surface area contributed by atoms with Crippen molar-refractivity contribution in [3.05, 3.63) is 57.0 Å². The Bertz CT molecular complexity index is 1070. The van der Waals surface area contributed by atoms with E-state index in [0.717, 1.165) is 36.0 Å². The fourth-order valence-corrected chi connectivity index (χ4v) is 4.88. The van der Waals surface area contributed by atoms with E-state index >= 15 is 0 Å². The van der Waals surface area contributed by atoms with Gasteiger partial charge in [0.05, 0.1) is 5.02 Å². The molecule has 0 aliphatic heterocycles. The summed E-state index contributed by atoms with van der Waals surface area (Å²) in [5.41, 5.74) is 2.62. The number of hydrogen-bond donors (Lipinski definition) is 1. The molecule has 0 saturated carbocycles. The predicted octanol–water partition coefficient (Wildman–Crippen LogP) is 4.90. The minimum atomic E-state index is -0.596. The zero-order valence-corrected chi connectivity index (χ0v) is 18.5. The Labute approximate surface area is 189 Å². The third kappa shape index (κ3) is 4.12. The Morgan fingerprint density at radius 1 is 1.26 bits per heavy atom. The molecule has 0 radical (unpaired) electrons. The second kappa shape index (κ2) is 8.69. The molecule has 6 nitrogen and oxygen atoms in total. The predicted molar refractivity (Wildman–Crippen MR) is 115 cm³/mol. The van der Waals surface area contributed by atoms with Gasteiger partial charge < -0.3 is 19.0 Å². The second-order valence-electron chi connectivity index (χ2n) is 7.85. The topological polar surface area (TPSA) is 86.0 Å². The van der Waals surface area contributed by atoms with Crippen molar-refractivity contribution in [1.82, 2.24) is 0 Å². The smallest absolute Gasteiger partial charge is 0.344 e. The van der Waals surface area contributed by atoms with Gasteiger partial charge in [0.25, 0.3) is 0 Å². The van der Waals surface area contributed by atoms with Crippen LogP contribution >= 0.6 is 23.2 Å². The molecule has 164 valence electrons. The van der Waals surface area contributed by atoms with E-state index in [-0.39, 0.29) is 36.0 Å². The Balaban J connectivity index is 1.48. The standard InChI is InChI=1S/C23H22Cl2O6/c1-2-23-6-5-14(27)8-17(23)20-13(9-23)7-18(21(24)22(20)25)29-12-19(28)30-11-16-4-3-15(10-26)31-16/h3-4,7-8,26H,2,5-6,9-12H2,1H3. The van der Waals surface area contributed by atoms with E-state index in [1.54, 1.807) is 24.3 Å². The van der Waals surface area contributed by atoms with Crippen LogP contribution in [-0.4, -0.2) is 23.5 Å². The number of carbonyl (C=O) groups excluding carboxylic acids is 2. The molecule has 0 spiro atoms. The van der Waals surface area contributed by atoms with Gasteiger partial charge in [-0.15, -0.1) is 0 Å². The van der Waals surface area contributed by atoms with Gasteiger partial charge in [0, 0.05) is 17.4 Å². The van der Waals surface area contributed by atoms with Crippen molar-refractivity contribution in [2.75, 3.05) is 6.61 Å². The Morgan fingerprint density at radius 2 is 2.03 bits per heavy atom. The summed E-state index contributed by atoms with van der Waals surface area (Å²) in [6, 6.07) is 5.03. The van der Waals surface area contributed by atoms with Crippen LogP contribution < -0.4 is 4.74 Å². The SMILES string of the molecule is CCC12CCC(=O)C=C1c1c(cc(OCC(=O)OCc3ccc(CO)o3)c(Cl)c1Cl)C2. The molecule has 1 atom stereocenters. The van der Waals surface area contributed by atoms with Crippen LogP contribution in [0.5, 0.6) is 5.75 Å². The zero-order valence-electron chi connectivity index (χ0n) is 17.0. The maximum Gasteiger partial charge on any atom is 0.344 e. The monoisotopic (exact) mass is 464 g/mol. The third-order valence-corrected chi connectivity index (χ3v) is 6.90. The maximum absolute atomic E-state index is 12.1. The van der Waals surface area contributed by atoms with E-state index in [1.165, 1.54) is 0 Å². The van der Waals surface area contributed by atoms with Crippen LogP contribution in [0, 0.1) is 5.41 Å². The number of halogens is 2. The number of hydrogen-bond acceptors (Lipinski definition) is 6. The molecule has 1 aromatic carbocycles. The van der Waals surface area contributed by atoms with Gasteiger partial charge >= 0.3 is 5.97 Å². The van der Waals surface area contributed by atoms with Crippen molar-refractivity contribution in [3.63, 3.8) is 0 Å². The van der Waals surface area contributed by atoms with E-state index in [9.17, 15) is 9.59 Å². The molecule has 4 rings (SSSR count). The van der Waals surface area contributed by atoms with Gasteiger partial charge in [-0.1, -0.05) is 30.1 Å². The number of carbonyl (C=O) groups is 2. The largest absolute Gasteiger partial charge is 0.480 e. The molecule has 2 aliphatic rings. The van der Waals surface area contributed by atoms with Crippen LogP contribution in [0.2, 0.25) is 10.0 Å². The van der Waals surface area contributed by atoms with Crippen LogP contribution in [0.3, 0.4) is 0 Å². The van der Waals surface area contributed by atoms with Crippen LogP contribution in [0.15, 0.2) is 28.7 Å². The van der Waals surface area contributed by atoms with Crippen molar-refractivity contribution in [1.29, 1.82) is 0 Å². The lowest BCUT2D eigenvalue weighted by Crippen LogP contribution is -2.24. The highest BCUT2D eigenvalue weighted by Gasteiger charge is 2.44. The normalized spacial score (nSPS) is 19.6. The van der Waals surface area contributed by atoms with Crippen molar-refractivity contribution in [2.45, 2.75) is 45.8 Å². The maximum atomic E-state index is 12.1. The average molecular weight is 465 g/mol. The Morgan fingerprint density at radius 3 is 2.74 bits per heavy atom. The first kappa shape index (κ1) is 21.9. The summed E-state index contributed by atoms with van der Waals surface area (Å²) in [6.45, 7) is 1.48. The summed E-state index contributed by atoms with van der Waals surface area (Å²) in [7, 11) is 0. The average Bonchev–Trinajstić information content (AvgIpc) is 3.36. The van der Waals surface area contributed by atoms with Crippen LogP contribution in [0.1, 0.15) is 48.8 Å². The van der Waals surface area contributed by atoms with Crippen LogP contribution in [0.25, 0.3) is 5.57 Å². The number of aliphatic hydroxyl groups excluding tert-OH is 1. The van der Waals surface area contributed by atoms with E-state index in [2.05, 4.69) is 6.92 Å². The fraction of sp³-hybridized carbons (Fsp3) is 0.391. The molecular weight excluding hydrogens is 443 g/mol. The second-order valence-corrected chi connectivity index (χ2v) is 8.60. The molecule has 1 N–H and O–H groups in total. The Hall–Kier alpha value is -2.28. The molecular formula is C23H22Cl2O6. The molecule has 0 amide bonds. The molecule has 0 saturated heterocycles. The minimum absolute atomic E-state index is 0.0674. The first-order chi connectivity index (χ1) is 14.9. The molecule has 1 unspecified atom stereocenters. The molecule has 1 aromatic heterocycles. The molecule has 0 bridgehead atoms. The van der Waals surface area contributed by atoms with Gasteiger partial charge in [-0.2, -0.15) is 0 Å². The highest BCUT2D eigenvalue weighted by atomic mass is 35.5. The third-order valence-electron chi connectivity index (χ3n) is 6.05. The number of aliphatic hydroxyl groups is 1. The minimum Gasteiger partial charge on any atom is -0.480 e. The number of allylic oxidation sites excluding steroid dienone is 2. The van der Waals surface area contributed by atoms with Crippen molar-refractivity contribution in [3.8, 4) is 5.75 Å². The molecule has 0 fully saturated rings. The number of ketones is 1. The quantitative estimate of drug-likeness (QED) is 0.586. The molecule has 2 aliphatic carbocycles. The number of ether oxygens (including phenoxy) is 2. The van der Waals surface area contributed by atoms with Gasteiger partial charge in [0.2, 0.25) is 0 Å². The summed E-state index contributed by atoms with van der Waals surface area (Å²) in [5.74, 6) is 0.627. The van der Waals surface area contributed by atoms with Crippen LogP contribution in [-0.2, 0) is 34.0 Å². The van der Waals surface area contributed by atoms with Crippen molar-refractivity contribution in [2.24, 2.45) is 5.41 Å². The number of rotatable bonds is 7. The van der Waals surface area contributed by atoms with E-state index in [0.29, 0.717) is 28.7 Å². The summed E-state index contributed by atoms with van der Waals surface area (Å²) >= 11 is 13.0. The summed E-state index contributed by atoms with van der Waals surface area (Å²) in [5, 5.41) is 9.55. The molecule has 31 heavy (non-hydrogen) atoms. The first-order valence-electron chi connectivity index (χ1n) is 10.1. The zero-order chi connectivity index (χ0) is 22.2. The Kier molecular flexibility index (Phi) is 6.15. The van der Waals surface area contributed by atoms with Crippen LogP contribution in [0.4, 0.5) is 0 Å². The number of benzene rings is 1.